The zero-order valence-corrected chi connectivity index (χ0v) is 11.5. The smallest absolute Gasteiger partial charge is 0.201 e. The second-order valence-electron chi connectivity index (χ2n) is 3.62. The summed E-state index contributed by atoms with van der Waals surface area (Å²) in [7, 11) is 0. The Balaban J connectivity index is 2.48. The van der Waals surface area contributed by atoms with Crippen LogP contribution in [0.1, 0.15) is 0 Å². The summed E-state index contributed by atoms with van der Waals surface area (Å²) >= 11 is 17.1. The summed E-state index contributed by atoms with van der Waals surface area (Å²) in [6.07, 6.45) is 2.50. The molecule has 0 aliphatic heterocycles. The fourth-order valence-corrected chi connectivity index (χ4v) is 2.02. The first-order chi connectivity index (χ1) is 8.90. The number of ketones is 1. The molecule has 0 saturated carbocycles. The molecule has 0 radical (unpaired) electrons. The van der Waals surface area contributed by atoms with Gasteiger partial charge in [0.25, 0.3) is 0 Å². The van der Waals surface area contributed by atoms with Crippen molar-refractivity contribution in [2.45, 2.75) is 0 Å². The first-order valence-corrected chi connectivity index (χ1v) is 6.11. The molecule has 0 bridgehead atoms. The van der Waals surface area contributed by atoms with Crippen LogP contribution in [0.5, 0.6) is 5.75 Å². The summed E-state index contributed by atoms with van der Waals surface area (Å²) in [6, 6.07) is 2.72. The van der Waals surface area contributed by atoms with E-state index in [2.05, 4.69) is 4.99 Å². The van der Waals surface area contributed by atoms with Crippen molar-refractivity contribution in [3.05, 3.63) is 45.1 Å². The number of nitrogens with zero attached hydrogens (tertiary/aromatic N) is 1. The van der Waals surface area contributed by atoms with E-state index in [-0.39, 0.29) is 26.5 Å². The van der Waals surface area contributed by atoms with Crippen LogP contribution in [0.25, 0.3) is 0 Å². The summed E-state index contributed by atoms with van der Waals surface area (Å²) in [5.74, 6) is -1.17. The Kier molecular flexibility index (Phi) is 3.85. The number of halogens is 3. The first kappa shape index (κ1) is 13.9. The Morgan fingerprint density at radius 2 is 1.58 bits per heavy atom. The van der Waals surface area contributed by atoms with E-state index in [9.17, 15) is 15.0 Å². The van der Waals surface area contributed by atoms with Gasteiger partial charge in [0.2, 0.25) is 5.78 Å². The number of aromatic hydroxyl groups is 1. The molecule has 0 aromatic heterocycles. The van der Waals surface area contributed by atoms with E-state index in [1.807, 2.05) is 0 Å². The van der Waals surface area contributed by atoms with Crippen LogP contribution in [0, 0.1) is 0 Å². The van der Waals surface area contributed by atoms with Gasteiger partial charge in [-0.1, -0.05) is 34.8 Å². The maximum absolute atomic E-state index is 11.2. The minimum absolute atomic E-state index is 0.0253. The third kappa shape index (κ3) is 2.76. The number of allylic oxidation sites excluding steroid dienone is 3. The number of benzene rings is 1. The van der Waals surface area contributed by atoms with Crippen molar-refractivity contribution in [1.82, 2.24) is 0 Å². The van der Waals surface area contributed by atoms with Gasteiger partial charge >= 0.3 is 0 Å². The lowest BCUT2D eigenvalue weighted by Gasteiger charge is -2.08. The standard InChI is InChI=1S/C12H6Cl3NO3/c13-6-3-5(4-7(14)11(6)18)16-8-1-2-9(17)10(15)12(8)19/h1-4,18-19H. The summed E-state index contributed by atoms with van der Waals surface area (Å²) in [5, 5.41) is 18.8. The van der Waals surface area contributed by atoms with E-state index in [0.29, 0.717) is 5.69 Å². The molecule has 4 nitrogen and oxygen atoms in total. The minimum Gasteiger partial charge on any atom is -0.505 e. The molecule has 0 heterocycles. The van der Waals surface area contributed by atoms with Gasteiger partial charge in [0.15, 0.2) is 11.5 Å². The molecule has 0 amide bonds. The van der Waals surface area contributed by atoms with Gasteiger partial charge in [-0.3, -0.25) is 4.79 Å². The lowest BCUT2D eigenvalue weighted by molar-refractivity contribution is -0.110. The Morgan fingerprint density at radius 3 is 2.16 bits per heavy atom. The van der Waals surface area contributed by atoms with Gasteiger partial charge in [0, 0.05) is 0 Å². The van der Waals surface area contributed by atoms with Crippen LogP contribution in [-0.2, 0) is 4.79 Å². The molecule has 0 spiro atoms. The van der Waals surface area contributed by atoms with Crippen molar-refractivity contribution in [1.29, 1.82) is 0 Å². The van der Waals surface area contributed by atoms with E-state index in [1.165, 1.54) is 24.3 Å². The van der Waals surface area contributed by atoms with Crippen molar-refractivity contribution in [3.63, 3.8) is 0 Å². The second kappa shape index (κ2) is 5.25. The molecule has 19 heavy (non-hydrogen) atoms. The molecule has 1 aliphatic carbocycles. The van der Waals surface area contributed by atoms with Crippen LogP contribution >= 0.6 is 34.8 Å². The van der Waals surface area contributed by atoms with Gasteiger partial charge in [-0.25, -0.2) is 4.99 Å². The highest BCUT2D eigenvalue weighted by atomic mass is 35.5. The van der Waals surface area contributed by atoms with Crippen molar-refractivity contribution in [3.8, 4) is 5.75 Å². The van der Waals surface area contributed by atoms with E-state index in [4.69, 9.17) is 34.8 Å². The lowest BCUT2D eigenvalue weighted by atomic mass is 10.1. The van der Waals surface area contributed by atoms with E-state index in [1.54, 1.807) is 0 Å². The minimum atomic E-state index is -0.500. The topological polar surface area (TPSA) is 69.9 Å². The number of aliphatic hydroxyl groups excluding tert-OH is 1. The Hall–Kier alpha value is -1.49. The fraction of sp³-hybridized carbons (Fsp3) is 0. The Morgan fingerprint density at radius 1 is 1.00 bits per heavy atom. The zero-order valence-electron chi connectivity index (χ0n) is 9.19. The van der Waals surface area contributed by atoms with Gasteiger partial charge in [-0.05, 0) is 24.3 Å². The predicted octanol–water partition coefficient (Wildman–Crippen LogP) is 3.92. The molecule has 0 fully saturated rings. The zero-order chi connectivity index (χ0) is 14.2. The summed E-state index contributed by atoms with van der Waals surface area (Å²) in [4.78, 5) is 15.2. The summed E-state index contributed by atoms with van der Waals surface area (Å²) in [6.45, 7) is 0. The number of rotatable bonds is 1. The molecular formula is C12H6Cl3NO3. The number of hydrogen-bond donors (Lipinski definition) is 2. The largest absolute Gasteiger partial charge is 0.505 e. The van der Waals surface area contributed by atoms with Crippen molar-refractivity contribution in [2.24, 2.45) is 4.99 Å². The van der Waals surface area contributed by atoms with Crippen LogP contribution in [0.15, 0.2) is 40.1 Å². The first-order valence-electron chi connectivity index (χ1n) is 4.98. The molecule has 1 aromatic carbocycles. The monoisotopic (exact) mass is 317 g/mol. The number of hydrogen-bond acceptors (Lipinski definition) is 4. The quantitative estimate of drug-likeness (QED) is 0.771. The van der Waals surface area contributed by atoms with Gasteiger partial charge in [0.1, 0.15) is 10.7 Å². The summed E-state index contributed by atoms with van der Waals surface area (Å²) < 4.78 is 0. The van der Waals surface area contributed by atoms with Gasteiger partial charge < -0.3 is 10.2 Å². The molecule has 1 aromatic rings. The molecular weight excluding hydrogens is 312 g/mol. The Labute approximate surface area is 123 Å². The van der Waals surface area contributed by atoms with Gasteiger partial charge in [0.05, 0.1) is 15.7 Å². The van der Waals surface area contributed by atoms with Crippen LogP contribution < -0.4 is 0 Å². The van der Waals surface area contributed by atoms with Gasteiger partial charge in [-0.15, -0.1) is 0 Å². The average Bonchev–Trinajstić information content (AvgIpc) is 2.36. The summed E-state index contributed by atoms with van der Waals surface area (Å²) in [5.41, 5.74) is 0.403. The molecule has 98 valence electrons. The maximum Gasteiger partial charge on any atom is 0.201 e. The predicted molar refractivity (Wildman–Crippen MR) is 74.9 cm³/mol. The molecule has 1 aliphatic rings. The molecule has 2 N–H and O–H groups in total. The van der Waals surface area contributed by atoms with E-state index >= 15 is 0 Å². The molecule has 0 unspecified atom stereocenters. The van der Waals surface area contributed by atoms with E-state index < -0.39 is 11.5 Å². The molecule has 7 heteroatoms. The number of phenols is 1. The second-order valence-corrected chi connectivity index (χ2v) is 4.81. The van der Waals surface area contributed by atoms with Crippen LogP contribution in [0.3, 0.4) is 0 Å². The molecule has 0 saturated heterocycles. The SMILES string of the molecule is O=C1C=CC(=Nc2cc(Cl)c(O)c(Cl)c2)C(O)=C1Cl. The van der Waals surface area contributed by atoms with Gasteiger partial charge in [-0.2, -0.15) is 0 Å². The van der Waals surface area contributed by atoms with Crippen molar-refractivity contribution >= 4 is 52.0 Å². The number of aliphatic imine (C=N–C) groups is 1. The maximum atomic E-state index is 11.2. The highest BCUT2D eigenvalue weighted by Gasteiger charge is 2.19. The van der Waals surface area contributed by atoms with E-state index in [0.717, 1.165) is 0 Å². The van der Waals surface area contributed by atoms with Crippen LogP contribution in [0.2, 0.25) is 10.0 Å². The number of carbonyl (C=O) groups excluding carboxylic acids is 1. The number of phenolic OH excluding ortho intramolecular Hbond substituents is 1. The lowest BCUT2D eigenvalue weighted by Crippen LogP contribution is -2.11. The van der Waals surface area contributed by atoms with Crippen molar-refractivity contribution < 1.29 is 15.0 Å². The third-order valence-electron chi connectivity index (χ3n) is 2.31. The average molecular weight is 319 g/mol. The number of aliphatic hydroxyl groups is 1. The number of carbonyl (C=O) groups is 1. The Bertz CT molecular complexity index is 639. The normalized spacial score (nSPS) is 17.4. The highest BCUT2D eigenvalue weighted by molar-refractivity contribution is 6.48. The molecule has 2 rings (SSSR count). The van der Waals surface area contributed by atoms with Crippen molar-refractivity contribution in [2.75, 3.05) is 0 Å². The van der Waals surface area contributed by atoms with Crippen LogP contribution in [0.4, 0.5) is 5.69 Å². The highest BCUT2D eigenvalue weighted by Crippen LogP contribution is 2.36. The fourth-order valence-electron chi connectivity index (χ4n) is 1.38. The van der Waals surface area contributed by atoms with Crippen LogP contribution in [-0.4, -0.2) is 21.7 Å². The molecule has 0 atom stereocenters. The third-order valence-corrected chi connectivity index (χ3v) is 3.25.